The third kappa shape index (κ3) is 3.68. The summed E-state index contributed by atoms with van der Waals surface area (Å²) >= 11 is 0. The van der Waals surface area contributed by atoms with Crippen LogP contribution in [0.3, 0.4) is 0 Å². The molecule has 5 rings (SSSR count). The average molecular weight is 480 g/mol. The van der Waals surface area contributed by atoms with Gasteiger partial charge in [0.25, 0.3) is 10.0 Å². The Kier molecular flexibility index (Phi) is 4.83. The number of nitrogens with zero attached hydrogens (tertiary/aromatic N) is 5. The van der Waals surface area contributed by atoms with Crippen molar-refractivity contribution in [3.63, 3.8) is 0 Å². The molecule has 0 aromatic carbocycles. The summed E-state index contributed by atoms with van der Waals surface area (Å²) in [4.78, 5) is 12.5. The van der Waals surface area contributed by atoms with E-state index in [-0.39, 0.29) is 11.0 Å². The number of anilines is 3. The van der Waals surface area contributed by atoms with Gasteiger partial charge in [-0.15, -0.1) is 0 Å². The highest BCUT2D eigenvalue weighted by molar-refractivity contribution is 7.89. The highest BCUT2D eigenvalue weighted by Gasteiger charge is 2.54. The maximum atomic E-state index is 14.0. The van der Waals surface area contributed by atoms with Crippen molar-refractivity contribution in [3.05, 3.63) is 30.6 Å². The minimum Gasteiger partial charge on any atom is -0.323 e. The molecule has 1 saturated carbocycles. The first-order valence-corrected chi connectivity index (χ1v) is 11.7. The summed E-state index contributed by atoms with van der Waals surface area (Å²) in [6.07, 6.45) is 0.915. The second-order valence-electron chi connectivity index (χ2n) is 8.05. The number of sulfonamides is 1. The highest BCUT2D eigenvalue weighted by Crippen LogP contribution is 2.47. The minimum atomic E-state index is -4.59. The highest BCUT2D eigenvalue weighted by atomic mass is 32.2. The molecular formula is C19H19F3N8O2S. The number of halogens is 3. The summed E-state index contributed by atoms with van der Waals surface area (Å²) < 4.78 is 66.2. The fourth-order valence-electron chi connectivity index (χ4n) is 4.56. The van der Waals surface area contributed by atoms with Gasteiger partial charge in [-0.05, 0) is 31.0 Å². The molecule has 4 heterocycles. The van der Waals surface area contributed by atoms with E-state index in [4.69, 9.17) is 5.14 Å². The van der Waals surface area contributed by atoms with Gasteiger partial charge >= 0.3 is 6.18 Å². The van der Waals surface area contributed by atoms with Crippen LogP contribution in [-0.4, -0.2) is 39.8 Å². The van der Waals surface area contributed by atoms with Gasteiger partial charge in [0.05, 0.1) is 17.4 Å². The van der Waals surface area contributed by atoms with Crippen LogP contribution in [0.25, 0.3) is 11.0 Å². The molecule has 1 fully saturated rings. The molecule has 2 aliphatic rings. The third-order valence-electron chi connectivity index (χ3n) is 5.93. The number of nitrogens with one attached hydrogen (secondary N) is 2. The third-order valence-corrected chi connectivity index (χ3v) is 6.75. The smallest absolute Gasteiger partial charge is 0.323 e. The Morgan fingerprint density at radius 2 is 1.88 bits per heavy atom. The van der Waals surface area contributed by atoms with E-state index in [0.29, 0.717) is 48.2 Å². The van der Waals surface area contributed by atoms with Gasteiger partial charge in [0, 0.05) is 11.6 Å². The molecule has 0 radical (unpaired) electrons. The van der Waals surface area contributed by atoms with Gasteiger partial charge in [-0.25, -0.2) is 23.5 Å². The van der Waals surface area contributed by atoms with Crippen molar-refractivity contribution in [3.8, 4) is 0 Å². The maximum absolute atomic E-state index is 14.0. The monoisotopic (exact) mass is 480 g/mol. The number of nitrogens with two attached hydrogens (primary N) is 1. The van der Waals surface area contributed by atoms with Crippen LogP contribution in [-0.2, 0) is 15.6 Å². The van der Waals surface area contributed by atoms with Crippen LogP contribution in [0.5, 0.6) is 0 Å². The predicted molar refractivity (Wildman–Crippen MR) is 115 cm³/mol. The standard InChI is InChI=1S/C19H19F3N8O2S/c20-19(21,22)16-18(6-2-1-3-7-18)30-13(28-29-16)8-11-9-25-17(27-15(11)30)26-12-4-5-14(24-10-12)33(23,31)32/h4-5,8-10,28H,1-3,6-7H2,(H2,23,31,32)(H,25,26,27). The van der Waals surface area contributed by atoms with Crippen molar-refractivity contribution in [1.82, 2.24) is 19.5 Å². The molecule has 1 aliphatic carbocycles. The summed E-state index contributed by atoms with van der Waals surface area (Å²) in [7, 11) is -3.94. The van der Waals surface area contributed by atoms with E-state index < -0.39 is 27.5 Å². The Labute approximate surface area is 186 Å². The van der Waals surface area contributed by atoms with Crippen molar-refractivity contribution in [2.45, 2.75) is 48.8 Å². The number of pyridine rings is 1. The summed E-state index contributed by atoms with van der Waals surface area (Å²) in [6, 6.07) is 4.34. The van der Waals surface area contributed by atoms with Crippen LogP contribution in [0.2, 0.25) is 0 Å². The van der Waals surface area contributed by atoms with E-state index in [1.54, 1.807) is 10.6 Å². The fourth-order valence-corrected chi connectivity index (χ4v) is 5.02. The first-order chi connectivity index (χ1) is 15.6. The average Bonchev–Trinajstić information content (AvgIpc) is 3.12. The number of primary sulfonamides is 1. The topological polar surface area (TPSA) is 140 Å². The Balaban J connectivity index is 1.57. The Bertz CT molecular complexity index is 1360. The zero-order valence-electron chi connectivity index (χ0n) is 17.1. The maximum Gasteiger partial charge on any atom is 0.433 e. The second-order valence-corrected chi connectivity index (χ2v) is 9.56. The first kappa shape index (κ1) is 21.6. The van der Waals surface area contributed by atoms with E-state index in [9.17, 15) is 21.6 Å². The van der Waals surface area contributed by atoms with Crippen molar-refractivity contribution >= 4 is 44.2 Å². The van der Waals surface area contributed by atoms with Gasteiger partial charge in [0.15, 0.2) is 10.7 Å². The number of fused-ring (bicyclic) bond motifs is 4. The van der Waals surface area contributed by atoms with E-state index in [0.717, 1.165) is 6.42 Å². The molecule has 33 heavy (non-hydrogen) atoms. The number of aromatic nitrogens is 4. The van der Waals surface area contributed by atoms with Crippen LogP contribution in [0.15, 0.2) is 40.7 Å². The van der Waals surface area contributed by atoms with E-state index >= 15 is 0 Å². The lowest BCUT2D eigenvalue weighted by atomic mass is 9.77. The fraction of sp³-hybridized carbons (Fsp3) is 0.368. The molecule has 0 bridgehead atoms. The molecule has 10 nitrogen and oxygen atoms in total. The number of rotatable bonds is 3. The second kappa shape index (κ2) is 7.38. The van der Waals surface area contributed by atoms with Crippen molar-refractivity contribution < 1.29 is 21.6 Å². The van der Waals surface area contributed by atoms with Crippen LogP contribution < -0.4 is 15.9 Å². The SMILES string of the molecule is NS(=O)(=O)c1ccc(Nc2ncc3cc4n(c3n2)C2(CCCCC2)C(C(F)(F)F)=NN4)cn1. The van der Waals surface area contributed by atoms with Crippen molar-refractivity contribution in [2.24, 2.45) is 10.2 Å². The van der Waals surface area contributed by atoms with Crippen LogP contribution in [0, 0.1) is 0 Å². The molecular weight excluding hydrogens is 461 g/mol. The Morgan fingerprint density at radius 1 is 1.12 bits per heavy atom. The largest absolute Gasteiger partial charge is 0.433 e. The normalized spacial score (nSPS) is 18.0. The van der Waals surface area contributed by atoms with Crippen LogP contribution >= 0.6 is 0 Å². The molecule has 0 atom stereocenters. The lowest BCUT2D eigenvalue weighted by Gasteiger charge is -2.43. The minimum absolute atomic E-state index is 0.121. The molecule has 4 N–H and O–H groups in total. The predicted octanol–water partition coefficient (Wildman–Crippen LogP) is 3.22. The first-order valence-electron chi connectivity index (χ1n) is 10.1. The van der Waals surface area contributed by atoms with Gasteiger partial charge in [0.1, 0.15) is 11.5 Å². The number of hydrazone groups is 1. The molecule has 174 valence electrons. The Hall–Kier alpha value is -3.26. The molecule has 0 amide bonds. The van der Waals surface area contributed by atoms with Gasteiger partial charge in [-0.3, -0.25) is 9.99 Å². The molecule has 1 aliphatic heterocycles. The molecule has 1 spiro atoms. The van der Waals surface area contributed by atoms with E-state index in [2.05, 4.69) is 30.8 Å². The summed E-state index contributed by atoms with van der Waals surface area (Å²) in [5.41, 5.74) is 1.06. The summed E-state index contributed by atoms with van der Waals surface area (Å²) in [6.45, 7) is 0. The van der Waals surface area contributed by atoms with Gasteiger partial charge in [-0.1, -0.05) is 19.3 Å². The molecule has 0 saturated heterocycles. The van der Waals surface area contributed by atoms with Gasteiger partial charge in [-0.2, -0.15) is 23.3 Å². The van der Waals surface area contributed by atoms with Crippen molar-refractivity contribution in [2.75, 3.05) is 10.7 Å². The van der Waals surface area contributed by atoms with Crippen LogP contribution in [0.1, 0.15) is 32.1 Å². The molecule has 3 aromatic rings. The molecule has 0 unspecified atom stereocenters. The number of hydrogen-bond donors (Lipinski definition) is 3. The lowest BCUT2D eigenvalue weighted by molar-refractivity contribution is -0.0682. The molecule has 3 aromatic heterocycles. The number of hydrogen-bond acceptors (Lipinski definition) is 8. The van der Waals surface area contributed by atoms with E-state index in [1.807, 2.05) is 0 Å². The molecule has 14 heteroatoms. The summed E-state index contributed by atoms with van der Waals surface area (Å²) in [5, 5.41) is 11.9. The number of alkyl halides is 3. The van der Waals surface area contributed by atoms with Gasteiger partial charge in [0.2, 0.25) is 5.95 Å². The summed E-state index contributed by atoms with van der Waals surface area (Å²) in [5.74, 6) is 0.543. The quantitative estimate of drug-likeness (QED) is 0.523. The lowest BCUT2D eigenvalue weighted by Crippen LogP contribution is -2.52. The van der Waals surface area contributed by atoms with Crippen molar-refractivity contribution in [1.29, 1.82) is 0 Å². The zero-order chi connectivity index (χ0) is 23.4. The Morgan fingerprint density at radius 3 is 2.52 bits per heavy atom. The van der Waals surface area contributed by atoms with Gasteiger partial charge < -0.3 is 5.32 Å². The van der Waals surface area contributed by atoms with E-state index in [1.165, 1.54) is 24.5 Å². The zero-order valence-corrected chi connectivity index (χ0v) is 17.9. The van der Waals surface area contributed by atoms with Crippen LogP contribution in [0.4, 0.5) is 30.6 Å².